The predicted molar refractivity (Wildman–Crippen MR) is 66.0 cm³/mol. The van der Waals surface area contributed by atoms with Crippen molar-refractivity contribution in [2.45, 2.75) is 46.1 Å². The Kier molecular flexibility index (Phi) is 4.18. The van der Waals surface area contributed by atoms with Crippen molar-refractivity contribution >= 4 is 9.84 Å². The Morgan fingerprint density at radius 2 is 2.12 bits per heavy atom. The number of hydrogen-bond donors (Lipinski definition) is 1. The fraction of sp³-hybridized carbons (Fsp3) is 0.833. The molecule has 0 amide bonds. The minimum absolute atomic E-state index is 0.0828. The molecule has 1 unspecified atom stereocenters. The Labute approximate surface area is 98.5 Å². The van der Waals surface area contributed by atoms with Gasteiger partial charge in [0, 0.05) is 5.75 Å². The minimum Gasteiger partial charge on any atom is -0.389 e. The summed E-state index contributed by atoms with van der Waals surface area (Å²) in [5.74, 6) is 0.407. The van der Waals surface area contributed by atoms with Gasteiger partial charge in [-0.05, 0) is 24.7 Å². The summed E-state index contributed by atoms with van der Waals surface area (Å²) in [7, 11) is -2.90. The SMILES string of the molecule is CCS(=O)(=O)CCC1=CC(O)CC(C)(C)C1. The molecule has 3 nitrogen and oxygen atoms in total. The first kappa shape index (κ1) is 13.7. The molecule has 4 heteroatoms. The molecule has 0 aromatic heterocycles. The average Bonchev–Trinajstić information content (AvgIpc) is 2.12. The number of aliphatic hydroxyl groups excluding tert-OH is 1. The van der Waals surface area contributed by atoms with E-state index in [0.717, 1.165) is 18.4 Å². The monoisotopic (exact) mass is 246 g/mol. The summed E-state index contributed by atoms with van der Waals surface area (Å²) in [4.78, 5) is 0. The number of aliphatic hydroxyl groups is 1. The largest absolute Gasteiger partial charge is 0.389 e. The molecule has 0 bridgehead atoms. The zero-order valence-corrected chi connectivity index (χ0v) is 11.2. The van der Waals surface area contributed by atoms with Gasteiger partial charge in [-0.3, -0.25) is 0 Å². The summed E-state index contributed by atoms with van der Waals surface area (Å²) < 4.78 is 22.8. The molecule has 0 fully saturated rings. The van der Waals surface area contributed by atoms with Crippen molar-refractivity contribution in [3.8, 4) is 0 Å². The van der Waals surface area contributed by atoms with Crippen LogP contribution in [0.5, 0.6) is 0 Å². The Hall–Kier alpha value is -0.350. The summed E-state index contributed by atoms with van der Waals surface area (Å²) in [6, 6.07) is 0. The average molecular weight is 246 g/mol. The maximum Gasteiger partial charge on any atom is 0.150 e. The van der Waals surface area contributed by atoms with Crippen molar-refractivity contribution in [3.05, 3.63) is 11.6 Å². The van der Waals surface area contributed by atoms with E-state index in [2.05, 4.69) is 13.8 Å². The third kappa shape index (κ3) is 4.26. The van der Waals surface area contributed by atoms with E-state index in [1.807, 2.05) is 6.08 Å². The maximum atomic E-state index is 11.4. The molecule has 1 atom stereocenters. The lowest BCUT2D eigenvalue weighted by atomic mass is 9.75. The van der Waals surface area contributed by atoms with Crippen molar-refractivity contribution in [3.63, 3.8) is 0 Å². The molecule has 1 N–H and O–H groups in total. The molecule has 16 heavy (non-hydrogen) atoms. The number of allylic oxidation sites excluding steroid dienone is 1. The Morgan fingerprint density at radius 1 is 1.50 bits per heavy atom. The van der Waals surface area contributed by atoms with E-state index in [1.165, 1.54) is 0 Å². The molecule has 0 saturated carbocycles. The van der Waals surface area contributed by atoms with Crippen LogP contribution < -0.4 is 0 Å². The molecule has 0 spiro atoms. The summed E-state index contributed by atoms with van der Waals surface area (Å²) in [5, 5.41) is 9.68. The highest BCUT2D eigenvalue weighted by molar-refractivity contribution is 7.91. The van der Waals surface area contributed by atoms with Crippen LogP contribution in [0.1, 0.15) is 40.0 Å². The van der Waals surface area contributed by atoms with E-state index in [0.29, 0.717) is 6.42 Å². The highest BCUT2D eigenvalue weighted by atomic mass is 32.2. The lowest BCUT2D eigenvalue weighted by Crippen LogP contribution is -2.25. The second-order valence-corrected chi connectivity index (χ2v) is 7.90. The Bertz CT molecular complexity index is 366. The van der Waals surface area contributed by atoms with E-state index in [4.69, 9.17) is 0 Å². The predicted octanol–water partition coefficient (Wildman–Crippen LogP) is 1.92. The highest BCUT2D eigenvalue weighted by Crippen LogP contribution is 2.36. The third-order valence-corrected chi connectivity index (χ3v) is 4.78. The van der Waals surface area contributed by atoms with Gasteiger partial charge >= 0.3 is 0 Å². The lowest BCUT2D eigenvalue weighted by molar-refractivity contribution is 0.138. The first-order valence-electron chi connectivity index (χ1n) is 5.82. The minimum atomic E-state index is -2.90. The second-order valence-electron chi connectivity index (χ2n) is 5.42. The van der Waals surface area contributed by atoms with Gasteiger partial charge in [0.05, 0.1) is 11.9 Å². The van der Waals surface area contributed by atoms with Crippen LogP contribution >= 0.6 is 0 Å². The van der Waals surface area contributed by atoms with E-state index in [1.54, 1.807) is 6.92 Å². The molecule has 0 aromatic rings. The van der Waals surface area contributed by atoms with E-state index >= 15 is 0 Å². The van der Waals surface area contributed by atoms with Gasteiger partial charge in [0.1, 0.15) is 9.84 Å². The van der Waals surface area contributed by atoms with E-state index in [-0.39, 0.29) is 16.9 Å². The van der Waals surface area contributed by atoms with Crippen molar-refractivity contribution < 1.29 is 13.5 Å². The molecule has 0 radical (unpaired) electrons. The van der Waals surface area contributed by atoms with Crippen LogP contribution in [-0.4, -0.2) is 31.1 Å². The molecule has 1 rings (SSSR count). The highest BCUT2D eigenvalue weighted by Gasteiger charge is 2.27. The molecular weight excluding hydrogens is 224 g/mol. The van der Waals surface area contributed by atoms with E-state index in [9.17, 15) is 13.5 Å². The van der Waals surface area contributed by atoms with Crippen LogP contribution in [0.4, 0.5) is 0 Å². The fourth-order valence-corrected chi connectivity index (χ4v) is 3.11. The van der Waals surface area contributed by atoms with Gasteiger partial charge in [0.25, 0.3) is 0 Å². The maximum absolute atomic E-state index is 11.4. The third-order valence-electron chi connectivity index (χ3n) is 3.07. The first-order valence-corrected chi connectivity index (χ1v) is 7.64. The van der Waals surface area contributed by atoms with Crippen molar-refractivity contribution in [2.24, 2.45) is 5.41 Å². The summed E-state index contributed by atoms with van der Waals surface area (Å²) in [6.45, 7) is 5.89. The van der Waals surface area contributed by atoms with Gasteiger partial charge in [-0.25, -0.2) is 8.42 Å². The zero-order chi connectivity index (χ0) is 12.4. The molecule has 0 heterocycles. The van der Waals surface area contributed by atoms with Gasteiger partial charge in [0.15, 0.2) is 0 Å². The molecule has 0 saturated heterocycles. The van der Waals surface area contributed by atoms with Gasteiger partial charge in [0.2, 0.25) is 0 Å². The molecule has 94 valence electrons. The number of hydrogen-bond acceptors (Lipinski definition) is 3. The molecule has 1 aliphatic rings. The van der Waals surface area contributed by atoms with Gasteiger partial charge in [-0.2, -0.15) is 0 Å². The Morgan fingerprint density at radius 3 is 2.62 bits per heavy atom. The summed E-state index contributed by atoms with van der Waals surface area (Å²) >= 11 is 0. The lowest BCUT2D eigenvalue weighted by Gasteiger charge is -2.32. The topological polar surface area (TPSA) is 54.4 Å². The standard InChI is InChI=1S/C12H22O3S/c1-4-16(14,15)6-5-10-7-11(13)9-12(2,3)8-10/h7,11,13H,4-6,8-9H2,1-3H3. The van der Waals surface area contributed by atoms with Crippen LogP contribution in [0, 0.1) is 5.41 Å². The van der Waals surface area contributed by atoms with Crippen LogP contribution in [-0.2, 0) is 9.84 Å². The number of rotatable bonds is 4. The van der Waals surface area contributed by atoms with Gasteiger partial charge in [-0.15, -0.1) is 0 Å². The van der Waals surface area contributed by atoms with Gasteiger partial charge < -0.3 is 5.11 Å². The van der Waals surface area contributed by atoms with Crippen LogP contribution in [0.2, 0.25) is 0 Å². The summed E-state index contributed by atoms with van der Waals surface area (Å²) in [5.41, 5.74) is 1.17. The number of sulfone groups is 1. The van der Waals surface area contributed by atoms with Crippen LogP contribution in [0.15, 0.2) is 11.6 Å². The van der Waals surface area contributed by atoms with E-state index < -0.39 is 15.9 Å². The normalized spacial score (nSPS) is 25.2. The summed E-state index contributed by atoms with van der Waals surface area (Å²) in [6.07, 6.45) is 3.64. The first-order chi connectivity index (χ1) is 7.24. The van der Waals surface area contributed by atoms with Gasteiger partial charge in [-0.1, -0.05) is 32.4 Å². The van der Waals surface area contributed by atoms with Crippen molar-refractivity contribution in [1.29, 1.82) is 0 Å². The quantitative estimate of drug-likeness (QED) is 0.771. The Balaban J connectivity index is 2.62. The van der Waals surface area contributed by atoms with Crippen LogP contribution in [0.3, 0.4) is 0 Å². The van der Waals surface area contributed by atoms with Crippen molar-refractivity contribution in [1.82, 2.24) is 0 Å². The van der Waals surface area contributed by atoms with Crippen LogP contribution in [0.25, 0.3) is 0 Å². The second kappa shape index (κ2) is 4.88. The zero-order valence-electron chi connectivity index (χ0n) is 10.4. The van der Waals surface area contributed by atoms with Crippen molar-refractivity contribution in [2.75, 3.05) is 11.5 Å². The molecule has 1 aliphatic carbocycles. The molecule has 0 aromatic carbocycles. The molecule has 0 aliphatic heterocycles. The molecular formula is C12H22O3S. The smallest absolute Gasteiger partial charge is 0.150 e. The fourth-order valence-electron chi connectivity index (χ4n) is 2.25.